The molecule has 6 heteroatoms. The van der Waals surface area contributed by atoms with Gasteiger partial charge < -0.3 is 25.8 Å². The molecule has 0 heterocycles. The first kappa shape index (κ1) is 19.1. The SMILES string of the molecule is COCC(CCCN)NCCCNC(=O)OC(C)(C)C. The van der Waals surface area contributed by atoms with Gasteiger partial charge in [0, 0.05) is 19.7 Å². The van der Waals surface area contributed by atoms with Crippen molar-refractivity contribution in [1.29, 1.82) is 0 Å². The highest BCUT2D eigenvalue weighted by Gasteiger charge is 2.15. The number of carbonyl (C=O) groups is 1. The van der Waals surface area contributed by atoms with E-state index in [9.17, 15) is 4.79 Å². The second kappa shape index (κ2) is 10.9. The van der Waals surface area contributed by atoms with Gasteiger partial charge in [0.05, 0.1) is 6.61 Å². The summed E-state index contributed by atoms with van der Waals surface area (Å²) in [4.78, 5) is 11.4. The molecule has 0 rings (SSSR count). The lowest BCUT2D eigenvalue weighted by molar-refractivity contribution is 0.0527. The van der Waals surface area contributed by atoms with Crippen LogP contribution >= 0.6 is 0 Å². The fourth-order valence-electron chi connectivity index (χ4n) is 1.71. The highest BCUT2D eigenvalue weighted by Crippen LogP contribution is 2.06. The van der Waals surface area contributed by atoms with E-state index in [0.717, 1.165) is 25.8 Å². The molecule has 0 saturated carbocycles. The second-order valence-corrected chi connectivity index (χ2v) is 5.82. The lowest BCUT2D eigenvalue weighted by Crippen LogP contribution is -2.37. The lowest BCUT2D eigenvalue weighted by Gasteiger charge is -2.20. The molecule has 0 radical (unpaired) electrons. The van der Waals surface area contributed by atoms with Gasteiger partial charge in [-0.1, -0.05) is 0 Å². The molecule has 4 N–H and O–H groups in total. The van der Waals surface area contributed by atoms with E-state index in [-0.39, 0.29) is 6.09 Å². The van der Waals surface area contributed by atoms with Crippen LogP contribution in [0.15, 0.2) is 0 Å². The number of hydrogen-bond donors (Lipinski definition) is 3. The zero-order chi connectivity index (χ0) is 15.4. The Bertz CT molecular complexity index is 255. The van der Waals surface area contributed by atoms with Crippen molar-refractivity contribution in [2.45, 2.75) is 51.7 Å². The Morgan fingerprint density at radius 3 is 2.50 bits per heavy atom. The van der Waals surface area contributed by atoms with Gasteiger partial charge in [0.15, 0.2) is 0 Å². The van der Waals surface area contributed by atoms with Crippen molar-refractivity contribution in [2.24, 2.45) is 5.73 Å². The minimum atomic E-state index is -0.450. The largest absolute Gasteiger partial charge is 0.444 e. The Kier molecular flexibility index (Phi) is 10.4. The van der Waals surface area contributed by atoms with E-state index in [2.05, 4.69) is 10.6 Å². The summed E-state index contributed by atoms with van der Waals surface area (Å²) in [5.41, 5.74) is 5.05. The normalized spacial score (nSPS) is 13.1. The van der Waals surface area contributed by atoms with Crippen LogP contribution in [0.5, 0.6) is 0 Å². The molecule has 0 spiro atoms. The first-order valence-electron chi connectivity index (χ1n) is 7.28. The Morgan fingerprint density at radius 1 is 1.25 bits per heavy atom. The van der Waals surface area contributed by atoms with Crippen molar-refractivity contribution in [3.05, 3.63) is 0 Å². The van der Waals surface area contributed by atoms with Crippen molar-refractivity contribution in [1.82, 2.24) is 10.6 Å². The Labute approximate surface area is 122 Å². The standard InChI is InChI=1S/C14H31N3O3/c1-14(2,3)20-13(18)17-10-6-9-16-12(11-19-4)7-5-8-15/h12,16H,5-11,15H2,1-4H3,(H,17,18). The van der Waals surface area contributed by atoms with Gasteiger partial charge in [-0.05, 0) is 53.1 Å². The van der Waals surface area contributed by atoms with Gasteiger partial charge in [0.25, 0.3) is 0 Å². The maximum absolute atomic E-state index is 11.4. The molecule has 0 bridgehead atoms. The summed E-state index contributed by atoms with van der Waals surface area (Å²) in [5, 5.41) is 6.14. The van der Waals surface area contributed by atoms with Gasteiger partial charge in [0.1, 0.15) is 5.60 Å². The highest BCUT2D eigenvalue weighted by atomic mass is 16.6. The maximum Gasteiger partial charge on any atom is 0.407 e. The smallest absolute Gasteiger partial charge is 0.407 e. The maximum atomic E-state index is 11.4. The third-order valence-electron chi connectivity index (χ3n) is 2.58. The van der Waals surface area contributed by atoms with Crippen molar-refractivity contribution >= 4 is 6.09 Å². The molecular weight excluding hydrogens is 258 g/mol. The van der Waals surface area contributed by atoms with Gasteiger partial charge in [-0.3, -0.25) is 0 Å². The van der Waals surface area contributed by atoms with Gasteiger partial charge in [-0.15, -0.1) is 0 Å². The molecule has 0 aliphatic heterocycles. The summed E-state index contributed by atoms with van der Waals surface area (Å²) in [7, 11) is 1.70. The van der Waals surface area contributed by atoms with Gasteiger partial charge in [0.2, 0.25) is 0 Å². The van der Waals surface area contributed by atoms with Crippen LogP contribution in [0.4, 0.5) is 4.79 Å². The number of alkyl carbamates (subject to hydrolysis) is 1. The molecule has 6 nitrogen and oxygen atoms in total. The Balaban J connectivity index is 3.65. The summed E-state index contributed by atoms with van der Waals surface area (Å²) in [6.45, 7) is 8.34. The minimum Gasteiger partial charge on any atom is -0.444 e. The Hall–Kier alpha value is -0.850. The number of ether oxygens (including phenoxy) is 2. The quantitative estimate of drug-likeness (QED) is 0.527. The molecule has 0 fully saturated rings. The molecule has 0 aromatic carbocycles. The molecule has 120 valence electrons. The predicted octanol–water partition coefficient (Wildman–Crippen LogP) is 1.24. The van der Waals surface area contributed by atoms with E-state index < -0.39 is 5.60 Å². The van der Waals surface area contributed by atoms with Gasteiger partial charge in [-0.2, -0.15) is 0 Å². The molecule has 20 heavy (non-hydrogen) atoms. The number of hydrogen-bond acceptors (Lipinski definition) is 5. The minimum absolute atomic E-state index is 0.324. The number of amides is 1. The average molecular weight is 289 g/mol. The van der Waals surface area contributed by atoms with Gasteiger partial charge >= 0.3 is 6.09 Å². The molecule has 0 aliphatic rings. The molecule has 1 amide bonds. The number of methoxy groups -OCH3 is 1. The van der Waals surface area contributed by atoms with E-state index in [1.807, 2.05) is 20.8 Å². The summed E-state index contributed by atoms with van der Waals surface area (Å²) in [6, 6.07) is 0.324. The fourth-order valence-corrected chi connectivity index (χ4v) is 1.71. The summed E-state index contributed by atoms with van der Waals surface area (Å²) < 4.78 is 10.3. The predicted molar refractivity (Wildman–Crippen MR) is 80.8 cm³/mol. The summed E-state index contributed by atoms with van der Waals surface area (Å²) >= 11 is 0. The van der Waals surface area contributed by atoms with Crippen LogP contribution < -0.4 is 16.4 Å². The van der Waals surface area contributed by atoms with Crippen LogP contribution in [0, 0.1) is 0 Å². The van der Waals surface area contributed by atoms with Crippen molar-refractivity contribution in [3.8, 4) is 0 Å². The van der Waals surface area contributed by atoms with Crippen LogP contribution in [-0.2, 0) is 9.47 Å². The van der Waals surface area contributed by atoms with Crippen LogP contribution in [-0.4, -0.2) is 51.1 Å². The summed E-state index contributed by atoms with van der Waals surface area (Å²) in [5.74, 6) is 0. The number of nitrogens with one attached hydrogen (secondary N) is 2. The zero-order valence-electron chi connectivity index (χ0n) is 13.3. The van der Waals surface area contributed by atoms with Gasteiger partial charge in [-0.25, -0.2) is 4.79 Å². The first-order chi connectivity index (χ1) is 9.39. The van der Waals surface area contributed by atoms with E-state index in [0.29, 0.717) is 25.7 Å². The molecule has 0 aromatic heterocycles. The lowest BCUT2D eigenvalue weighted by atomic mass is 10.1. The second-order valence-electron chi connectivity index (χ2n) is 5.82. The van der Waals surface area contributed by atoms with E-state index in [1.54, 1.807) is 7.11 Å². The molecule has 0 aliphatic carbocycles. The van der Waals surface area contributed by atoms with Crippen LogP contribution in [0.3, 0.4) is 0 Å². The number of carbonyl (C=O) groups excluding carboxylic acids is 1. The van der Waals surface area contributed by atoms with Crippen LogP contribution in [0.25, 0.3) is 0 Å². The molecule has 1 atom stereocenters. The monoisotopic (exact) mass is 289 g/mol. The summed E-state index contributed by atoms with van der Waals surface area (Å²) in [6.07, 6.45) is 2.47. The highest BCUT2D eigenvalue weighted by molar-refractivity contribution is 5.67. The average Bonchev–Trinajstić information content (AvgIpc) is 2.33. The van der Waals surface area contributed by atoms with Crippen LogP contribution in [0.2, 0.25) is 0 Å². The third-order valence-corrected chi connectivity index (χ3v) is 2.58. The molecular formula is C14H31N3O3. The van der Waals surface area contributed by atoms with Crippen molar-refractivity contribution in [2.75, 3.05) is 33.4 Å². The van der Waals surface area contributed by atoms with Crippen molar-refractivity contribution in [3.63, 3.8) is 0 Å². The van der Waals surface area contributed by atoms with E-state index in [1.165, 1.54) is 0 Å². The molecule has 0 aromatic rings. The zero-order valence-corrected chi connectivity index (χ0v) is 13.3. The topological polar surface area (TPSA) is 85.6 Å². The van der Waals surface area contributed by atoms with Crippen molar-refractivity contribution < 1.29 is 14.3 Å². The molecule has 0 saturated heterocycles. The number of nitrogens with two attached hydrogens (primary N) is 1. The molecule has 1 unspecified atom stereocenters. The van der Waals surface area contributed by atoms with Crippen LogP contribution in [0.1, 0.15) is 40.0 Å². The van der Waals surface area contributed by atoms with E-state index in [4.69, 9.17) is 15.2 Å². The third kappa shape index (κ3) is 12.2. The first-order valence-corrected chi connectivity index (χ1v) is 7.28. The number of rotatable bonds is 10. The fraction of sp³-hybridized carbons (Fsp3) is 0.929. The van der Waals surface area contributed by atoms with E-state index >= 15 is 0 Å². The Morgan fingerprint density at radius 2 is 1.95 bits per heavy atom.